The SMILES string of the molecule is CCC(C)(O)CCCCCC(O)C(C)(CC)OCCNC(=O)NCCCCCCNC(=O)NCCOC(C)(C)C(=O)CCCCCC(C)(C)O. The first kappa shape index (κ1) is 48.0. The summed E-state index contributed by atoms with van der Waals surface area (Å²) in [4.78, 5) is 36.7. The highest BCUT2D eigenvalue weighted by Gasteiger charge is 2.32. The standard InChI is InChI=1S/C38H76N4O8/c1-9-37(7,48)24-18-14-16-22-32(44)38(8,10-2)50-30-28-42-34(46)40-26-20-12-11-19-25-39-33(45)41-27-29-49-36(5,6)31(43)21-15-13-17-23-35(3,4)47/h32,44,47-48H,9-30H2,1-8H3,(H2,39,41,45)(H2,40,42,46). The van der Waals surface area contributed by atoms with Gasteiger partial charge in [-0.3, -0.25) is 4.79 Å². The van der Waals surface area contributed by atoms with Crippen molar-refractivity contribution in [3.63, 3.8) is 0 Å². The quantitative estimate of drug-likeness (QED) is 0.0434. The van der Waals surface area contributed by atoms with E-state index < -0.39 is 28.5 Å². The third-order valence-electron chi connectivity index (χ3n) is 9.57. The van der Waals surface area contributed by atoms with Gasteiger partial charge in [0, 0.05) is 32.6 Å². The first-order chi connectivity index (χ1) is 23.4. The molecule has 0 aliphatic heterocycles. The van der Waals surface area contributed by atoms with Crippen molar-refractivity contribution in [1.82, 2.24) is 21.3 Å². The summed E-state index contributed by atoms with van der Waals surface area (Å²) in [7, 11) is 0. The molecule has 0 heterocycles. The smallest absolute Gasteiger partial charge is 0.314 e. The lowest BCUT2D eigenvalue weighted by Gasteiger charge is -2.34. The van der Waals surface area contributed by atoms with Crippen LogP contribution < -0.4 is 21.3 Å². The first-order valence-corrected chi connectivity index (χ1v) is 19.3. The number of Topliss-reactive ketones (excluding diaryl/α,β-unsaturated/α-hetero) is 1. The molecule has 0 rings (SSSR count). The van der Waals surface area contributed by atoms with Crippen LogP contribution in [-0.2, 0) is 14.3 Å². The molecule has 0 fully saturated rings. The summed E-state index contributed by atoms with van der Waals surface area (Å²) < 4.78 is 11.7. The van der Waals surface area contributed by atoms with Crippen molar-refractivity contribution in [2.75, 3.05) is 39.4 Å². The lowest BCUT2D eigenvalue weighted by Crippen LogP contribution is -2.44. The molecule has 3 atom stereocenters. The number of carbonyl (C=O) groups is 3. The van der Waals surface area contributed by atoms with E-state index in [1.165, 1.54) is 0 Å². The van der Waals surface area contributed by atoms with E-state index in [1.807, 2.05) is 27.7 Å². The zero-order chi connectivity index (χ0) is 38.1. The van der Waals surface area contributed by atoms with E-state index in [0.717, 1.165) is 77.0 Å². The normalized spacial score (nSPS) is 15.1. The van der Waals surface area contributed by atoms with Gasteiger partial charge in [0.15, 0.2) is 5.78 Å². The number of amides is 4. The Morgan fingerprint density at radius 3 is 1.60 bits per heavy atom. The molecule has 0 aliphatic rings. The van der Waals surface area contributed by atoms with Crippen molar-refractivity contribution in [3.05, 3.63) is 0 Å². The molecule has 0 aliphatic carbocycles. The molecular weight excluding hydrogens is 640 g/mol. The van der Waals surface area contributed by atoms with Crippen LogP contribution in [0, 0.1) is 0 Å². The Bertz CT molecular complexity index is 925. The van der Waals surface area contributed by atoms with Crippen LogP contribution in [0.2, 0.25) is 0 Å². The van der Waals surface area contributed by atoms with Gasteiger partial charge in [-0.25, -0.2) is 9.59 Å². The number of unbranched alkanes of at least 4 members (excludes halogenated alkanes) is 7. The predicted octanol–water partition coefficient (Wildman–Crippen LogP) is 5.89. The van der Waals surface area contributed by atoms with Gasteiger partial charge in [-0.2, -0.15) is 0 Å². The van der Waals surface area contributed by atoms with Crippen molar-refractivity contribution in [2.45, 2.75) is 187 Å². The van der Waals surface area contributed by atoms with E-state index in [-0.39, 0.29) is 24.5 Å². The first-order valence-electron chi connectivity index (χ1n) is 19.3. The second-order valence-corrected chi connectivity index (χ2v) is 15.4. The van der Waals surface area contributed by atoms with Crippen LogP contribution in [0.15, 0.2) is 0 Å². The van der Waals surface area contributed by atoms with Crippen LogP contribution in [0.1, 0.15) is 158 Å². The van der Waals surface area contributed by atoms with Crippen LogP contribution >= 0.6 is 0 Å². The number of hydrogen-bond acceptors (Lipinski definition) is 8. The minimum atomic E-state index is -0.903. The van der Waals surface area contributed by atoms with Crippen LogP contribution in [0.4, 0.5) is 9.59 Å². The van der Waals surface area contributed by atoms with E-state index >= 15 is 0 Å². The molecule has 0 aromatic carbocycles. The number of rotatable bonds is 31. The van der Waals surface area contributed by atoms with E-state index in [0.29, 0.717) is 58.5 Å². The van der Waals surface area contributed by atoms with Crippen LogP contribution in [-0.4, -0.2) is 101 Å². The highest BCUT2D eigenvalue weighted by molar-refractivity contribution is 5.86. The number of aliphatic hydroxyl groups excluding tert-OH is 1. The monoisotopic (exact) mass is 717 g/mol. The van der Waals surface area contributed by atoms with Crippen molar-refractivity contribution in [3.8, 4) is 0 Å². The van der Waals surface area contributed by atoms with Crippen molar-refractivity contribution >= 4 is 17.8 Å². The van der Waals surface area contributed by atoms with E-state index in [9.17, 15) is 29.7 Å². The number of ether oxygens (including phenoxy) is 2. The number of carbonyl (C=O) groups excluding carboxylic acids is 3. The molecule has 0 aromatic rings. The van der Waals surface area contributed by atoms with E-state index in [4.69, 9.17) is 9.47 Å². The maximum atomic E-state index is 12.5. The van der Waals surface area contributed by atoms with Crippen LogP contribution in [0.5, 0.6) is 0 Å². The third kappa shape index (κ3) is 25.0. The van der Waals surface area contributed by atoms with E-state index in [1.54, 1.807) is 27.7 Å². The summed E-state index contributed by atoms with van der Waals surface area (Å²) in [5.74, 6) is 0.0377. The predicted molar refractivity (Wildman–Crippen MR) is 200 cm³/mol. The maximum absolute atomic E-state index is 12.5. The fraction of sp³-hybridized carbons (Fsp3) is 0.921. The van der Waals surface area contributed by atoms with Gasteiger partial charge in [-0.15, -0.1) is 0 Å². The van der Waals surface area contributed by atoms with Crippen LogP contribution in [0.25, 0.3) is 0 Å². The Kier molecular flexibility index (Phi) is 24.9. The number of aliphatic hydroxyl groups is 3. The summed E-state index contributed by atoms with van der Waals surface area (Å²) in [6.45, 7) is 17.2. The molecule has 4 amide bonds. The van der Waals surface area contributed by atoms with Crippen molar-refractivity contribution in [1.29, 1.82) is 0 Å². The second kappa shape index (κ2) is 25.9. The Morgan fingerprint density at radius 2 is 1.08 bits per heavy atom. The largest absolute Gasteiger partial charge is 0.390 e. The average Bonchev–Trinajstić information content (AvgIpc) is 3.05. The van der Waals surface area contributed by atoms with Gasteiger partial charge >= 0.3 is 12.1 Å². The number of ketones is 1. The molecule has 7 N–H and O–H groups in total. The molecule has 50 heavy (non-hydrogen) atoms. The number of nitrogens with one attached hydrogen (secondary N) is 4. The van der Waals surface area contributed by atoms with Gasteiger partial charge in [0.05, 0.1) is 36.1 Å². The Balaban J connectivity index is 3.86. The maximum Gasteiger partial charge on any atom is 0.314 e. The third-order valence-corrected chi connectivity index (χ3v) is 9.57. The van der Waals surface area contributed by atoms with E-state index in [2.05, 4.69) is 21.3 Å². The summed E-state index contributed by atoms with van der Waals surface area (Å²) in [5, 5.41) is 41.9. The number of urea groups is 2. The lowest BCUT2D eigenvalue weighted by atomic mass is 9.90. The Hall–Kier alpha value is -1.99. The molecular formula is C38H76N4O8. The highest BCUT2D eigenvalue weighted by Crippen LogP contribution is 2.25. The molecule has 0 saturated carbocycles. The van der Waals surface area contributed by atoms with Crippen LogP contribution in [0.3, 0.4) is 0 Å². The zero-order valence-corrected chi connectivity index (χ0v) is 33.0. The summed E-state index contributed by atoms with van der Waals surface area (Å²) in [6.07, 6.45) is 12.2. The fourth-order valence-electron chi connectivity index (χ4n) is 5.39. The fourth-order valence-corrected chi connectivity index (χ4v) is 5.39. The molecule has 12 heteroatoms. The summed E-state index contributed by atoms with van der Waals surface area (Å²) in [5.41, 5.74) is -2.86. The zero-order valence-electron chi connectivity index (χ0n) is 33.0. The topological polar surface area (TPSA) is 178 Å². The van der Waals surface area contributed by atoms with Gasteiger partial charge in [-0.1, -0.05) is 58.8 Å². The van der Waals surface area contributed by atoms with Crippen molar-refractivity contribution < 1.29 is 39.2 Å². The Morgan fingerprint density at radius 1 is 0.600 bits per heavy atom. The van der Waals surface area contributed by atoms with Gasteiger partial charge in [-0.05, 0) is 92.9 Å². The molecule has 0 radical (unpaired) electrons. The molecule has 3 unspecified atom stereocenters. The molecule has 0 spiro atoms. The molecule has 0 aromatic heterocycles. The summed E-state index contributed by atoms with van der Waals surface area (Å²) >= 11 is 0. The summed E-state index contributed by atoms with van der Waals surface area (Å²) in [6, 6.07) is -0.515. The molecule has 0 bridgehead atoms. The minimum absolute atomic E-state index is 0.0377. The molecule has 296 valence electrons. The highest BCUT2D eigenvalue weighted by atomic mass is 16.5. The van der Waals surface area contributed by atoms with Crippen molar-refractivity contribution in [2.24, 2.45) is 0 Å². The molecule has 0 saturated heterocycles. The second-order valence-electron chi connectivity index (χ2n) is 15.4. The van der Waals surface area contributed by atoms with Gasteiger partial charge < -0.3 is 46.1 Å². The Labute approximate surface area is 304 Å². The molecule has 12 nitrogen and oxygen atoms in total. The average molecular weight is 717 g/mol. The minimum Gasteiger partial charge on any atom is -0.390 e. The van der Waals surface area contributed by atoms with Gasteiger partial charge in [0.25, 0.3) is 0 Å². The van der Waals surface area contributed by atoms with Gasteiger partial charge in [0.1, 0.15) is 5.60 Å². The lowest BCUT2D eigenvalue weighted by molar-refractivity contribution is -0.140. The van der Waals surface area contributed by atoms with Gasteiger partial charge in [0.2, 0.25) is 0 Å². The number of hydrogen-bond donors (Lipinski definition) is 7.